The van der Waals surface area contributed by atoms with E-state index in [1.54, 1.807) is 4.90 Å². The number of carbonyl (C=O) groups excluding carboxylic acids is 1. The molecule has 1 saturated heterocycles. The van der Waals surface area contributed by atoms with Gasteiger partial charge in [0.2, 0.25) is 0 Å². The molecule has 4 heteroatoms. The minimum Gasteiger partial charge on any atom is -0.448 e. The van der Waals surface area contributed by atoms with E-state index in [9.17, 15) is 4.79 Å². The van der Waals surface area contributed by atoms with Crippen LogP contribution in [-0.4, -0.2) is 41.9 Å². The van der Waals surface area contributed by atoms with Gasteiger partial charge < -0.3 is 14.7 Å². The Morgan fingerprint density at radius 1 is 1.58 bits per heavy atom. The topological polar surface area (TPSA) is 49.8 Å². The minimum absolute atomic E-state index is 0.131. The Balaban J connectivity index is 1.76. The first kappa shape index (κ1) is 7.86. The molecule has 68 valence electrons. The summed E-state index contributed by atoms with van der Waals surface area (Å²) in [6.45, 7) is 2.00. The van der Waals surface area contributed by atoms with Crippen molar-refractivity contribution in [1.29, 1.82) is 0 Å². The molecule has 1 amide bonds. The molecule has 2 aliphatic rings. The molecule has 2 fully saturated rings. The van der Waals surface area contributed by atoms with Crippen LogP contribution in [0.2, 0.25) is 0 Å². The van der Waals surface area contributed by atoms with Crippen molar-refractivity contribution in [2.75, 3.05) is 19.7 Å². The Kier molecular flexibility index (Phi) is 1.92. The van der Waals surface area contributed by atoms with Gasteiger partial charge in [-0.25, -0.2) is 4.79 Å². The van der Waals surface area contributed by atoms with Crippen LogP contribution >= 0.6 is 0 Å². The first-order valence-electron chi connectivity index (χ1n) is 4.35. The summed E-state index contributed by atoms with van der Waals surface area (Å²) < 4.78 is 4.79. The highest BCUT2D eigenvalue weighted by molar-refractivity contribution is 5.69. The number of aliphatic hydroxyl groups excluding tert-OH is 1. The van der Waals surface area contributed by atoms with Gasteiger partial charge in [-0.05, 0) is 18.8 Å². The third kappa shape index (κ3) is 1.39. The normalized spacial score (nSPS) is 34.8. The van der Waals surface area contributed by atoms with E-state index in [2.05, 4.69) is 0 Å². The number of hydrogen-bond acceptors (Lipinski definition) is 3. The smallest absolute Gasteiger partial charge is 0.409 e. The molecule has 0 aromatic heterocycles. The second-order valence-electron chi connectivity index (χ2n) is 3.55. The van der Waals surface area contributed by atoms with E-state index in [4.69, 9.17) is 9.84 Å². The summed E-state index contributed by atoms with van der Waals surface area (Å²) in [6.07, 6.45) is 1.35. The fourth-order valence-corrected chi connectivity index (χ4v) is 1.75. The summed E-state index contributed by atoms with van der Waals surface area (Å²) in [5, 5.41) is 9.02. The standard InChI is InChI=1S/C8H13NO3/c10-7-3-6(4-7)5-9-1-2-12-8(9)11/h6-7,10H,1-5H2. The zero-order valence-electron chi connectivity index (χ0n) is 6.90. The SMILES string of the molecule is O=C1OCCN1CC1CC(O)C1. The molecule has 1 N–H and O–H groups in total. The Hall–Kier alpha value is -0.770. The zero-order valence-corrected chi connectivity index (χ0v) is 6.90. The highest BCUT2D eigenvalue weighted by Gasteiger charge is 2.32. The quantitative estimate of drug-likeness (QED) is 0.646. The summed E-state index contributed by atoms with van der Waals surface area (Å²) in [5.74, 6) is 0.491. The van der Waals surface area contributed by atoms with E-state index < -0.39 is 0 Å². The molecule has 1 saturated carbocycles. The summed E-state index contributed by atoms with van der Waals surface area (Å²) in [7, 11) is 0. The zero-order chi connectivity index (χ0) is 8.55. The highest BCUT2D eigenvalue weighted by Crippen LogP contribution is 2.28. The van der Waals surface area contributed by atoms with Crippen molar-refractivity contribution >= 4 is 6.09 Å². The van der Waals surface area contributed by atoms with Gasteiger partial charge in [0, 0.05) is 6.54 Å². The Morgan fingerprint density at radius 3 is 2.83 bits per heavy atom. The van der Waals surface area contributed by atoms with Gasteiger partial charge in [0.1, 0.15) is 6.61 Å². The van der Waals surface area contributed by atoms with Crippen molar-refractivity contribution in [3.63, 3.8) is 0 Å². The Bertz CT molecular complexity index is 189. The van der Waals surface area contributed by atoms with Crippen molar-refractivity contribution < 1.29 is 14.6 Å². The van der Waals surface area contributed by atoms with Crippen molar-refractivity contribution in [2.45, 2.75) is 18.9 Å². The maximum absolute atomic E-state index is 11.0. The Morgan fingerprint density at radius 2 is 2.33 bits per heavy atom. The van der Waals surface area contributed by atoms with E-state index in [1.807, 2.05) is 0 Å². The lowest BCUT2D eigenvalue weighted by Gasteiger charge is -2.33. The molecular formula is C8H13NO3. The van der Waals surface area contributed by atoms with Crippen LogP contribution in [-0.2, 0) is 4.74 Å². The van der Waals surface area contributed by atoms with Crippen molar-refractivity contribution in [2.24, 2.45) is 5.92 Å². The maximum atomic E-state index is 11.0. The molecule has 1 heterocycles. The second-order valence-corrected chi connectivity index (χ2v) is 3.55. The van der Waals surface area contributed by atoms with Gasteiger partial charge >= 0.3 is 6.09 Å². The predicted molar refractivity (Wildman–Crippen MR) is 41.7 cm³/mol. The number of ether oxygens (including phenoxy) is 1. The molecule has 12 heavy (non-hydrogen) atoms. The lowest BCUT2D eigenvalue weighted by molar-refractivity contribution is 0.0309. The first-order chi connectivity index (χ1) is 5.75. The fourth-order valence-electron chi connectivity index (χ4n) is 1.75. The van der Waals surface area contributed by atoms with Crippen molar-refractivity contribution in [3.8, 4) is 0 Å². The van der Waals surface area contributed by atoms with Gasteiger partial charge in [-0.15, -0.1) is 0 Å². The van der Waals surface area contributed by atoms with E-state index in [-0.39, 0.29) is 12.2 Å². The molecule has 0 aromatic rings. The minimum atomic E-state index is -0.198. The molecule has 0 radical (unpaired) electrons. The van der Waals surface area contributed by atoms with Gasteiger partial charge in [-0.3, -0.25) is 0 Å². The van der Waals surface area contributed by atoms with Crippen molar-refractivity contribution in [1.82, 2.24) is 4.90 Å². The molecule has 0 atom stereocenters. The van der Waals surface area contributed by atoms with E-state index >= 15 is 0 Å². The number of amides is 1. The average Bonchev–Trinajstić information content (AvgIpc) is 2.33. The average molecular weight is 171 g/mol. The molecule has 0 aromatic carbocycles. The molecule has 1 aliphatic heterocycles. The van der Waals surface area contributed by atoms with Crippen LogP contribution in [0.3, 0.4) is 0 Å². The predicted octanol–water partition coefficient (Wildman–Crippen LogP) is 0.209. The van der Waals surface area contributed by atoms with Crippen LogP contribution in [0.5, 0.6) is 0 Å². The monoisotopic (exact) mass is 171 g/mol. The van der Waals surface area contributed by atoms with Crippen LogP contribution < -0.4 is 0 Å². The largest absolute Gasteiger partial charge is 0.448 e. The lowest BCUT2D eigenvalue weighted by Crippen LogP contribution is -2.39. The molecule has 2 rings (SSSR count). The third-order valence-electron chi connectivity index (χ3n) is 2.53. The maximum Gasteiger partial charge on any atom is 0.409 e. The number of hydrogen-bond donors (Lipinski definition) is 1. The highest BCUT2D eigenvalue weighted by atomic mass is 16.6. The van der Waals surface area contributed by atoms with Gasteiger partial charge in [0.15, 0.2) is 0 Å². The van der Waals surface area contributed by atoms with Crippen LogP contribution in [0.4, 0.5) is 4.79 Å². The summed E-state index contributed by atoms with van der Waals surface area (Å²) in [4.78, 5) is 12.7. The number of cyclic esters (lactones) is 1. The first-order valence-corrected chi connectivity index (χ1v) is 4.35. The van der Waals surface area contributed by atoms with Crippen LogP contribution in [0.25, 0.3) is 0 Å². The molecule has 0 unspecified atom stereocenters. The molecule has 1 aliphatic carbocycles. The third-order valence-corrected chi connectivity index (χ3v) is 2.53. The van der Waals surface area contributed by atoms with Crippen LogP contribution in [0, 0.1) is 5.92 Å². The summed E-state index contributed by atoms with van der Waals surface area (Å²) >= 11 is 0. The van der Waals surface area contributed by atoms with Crippen molar-refractivity contribution in [3.05, 3.63) is 0 Å². The number of carbonyl (C=O) groups is 1. The van der Waals surface area contributed by atoms with Crippen LogP contribution in [0.1, 0.15) is 12.8 Å². The number of aliphatic hydroxyl groups is 1. The summed E-state index contributed by atoms with van der Waals surface area (Å²) in [5.41, 5.74) is 0. The second kappa shape index (κ2) is 2.94. The van der Waals surface area contributed by atoms with Gasteiger partial charge in [-0.1, -0.05) is 0 Å². The fraction of sp³-hybridized carbons (Fsp3) is 0.875. The lowest BCUT2D eigenvalue weighted by atomic mass is 9.82. The summed E-state index contributed by atoms with van der Waals surface area (Å²) in [6, 6.07) is 0. The van der Waals surface area contributed by atoms with Gasteiger partial charge in [0.05, 0.1) is 12.6 Å². The van der Waals surface area contributed by atoms with Crippen LogP contribution in [0.15, 0.2) is 0 Å². The number of nitrogens with zero attached hydrogens (tertiary/aromatic N) is 1. The molecular weight excluding hydrogens is 158 g/mol. The van der Waals surface area contributed by atoms with Gasteiger partial charge in [0.25, 0.3) is 0 Å². The Labute approximate surface area is 71.1 Å². The molecule has 4 nitrogen and oxygen atoms in total. The van der Waals surface area contributed by atoms with Gasteiger partial charge in [-0.2, -0.15) is 0 Å². The van der Waals surface area contributed by atoms with E-state index in [1.165, 1.54) is 0 Å². The number of rotatable bonds is 2. The molecule has 0 spiro atoms. The van der Waals surface area contributed by atoms with E-state index in [0.717, 1.165) is 19.4 Å². The molecule has 0 bridgehead atoms. The van der Waals surface area contributed by atoms with E-state index in [0.29, 0.717) is 19.1 Å².